The summed E-state index contributed by atoms with van der Waals surface area (Å²) in [5.74, 6) is -1.20. The molecule has 0 spiro atoms. The molecule has 7 nitrogen and oxygen atoms in total. The van der Waals surface area contributed by atoms with Crippen molar-refractivity contribution in [3.63, 3.8) is 0 Å². The number of anilines is 1. The molecule has 3 aromatic heterocycles. The van der Waals surface area contributed by atoms with Crippen LogP contribution < -0.4 is 10.1 Å². The molecule has 4 aromatic rings. The monoisotopic (exact) mass is 458 g/mol. The first-order chi connectivity index (χ1) is 15.9. The van der Waals surface area contributed by atoms with Crippen molar-refractivity contribution >= 4 is 17.0 Å². The molecule has 0 saturated heterocycles. The van der Waals surface area contributed by atoms with Crippen LogP contribution in [-0.2, 0) is 19.0 Å². The summed E-state index contributed by atoms with van der Waals surface area (Å²) < 4.78 is 59.0. The second-order valence-electron chi connectivity index (χ2n) is 7.00. The van der Waals surface area contributed by atoms with Crippen LogP contribution in [-0.4, -0.2) is 31.5 Å². The van der Waals surface area contributed by atoms with E-state index in [1.54, 1.807) is 43.6 Å². The van der Waals surface area contributed by atoms with E-state index < -0.39 is 23.4 Å². The number of aromatic nitrogens is 5. The van der Waals surface area contributed by atoms with Crippen LogP contribution in [0.1, 0.15) is 23.7 Å². The molecule has 3 heterocycles. The molecule has 0 aliphatic rings. The number of halogens is 4. The van der Waals surface area contributed by atoms with E-state index in [9.17, 15) is 17.6 Å². The maximum Gasteiger partial charge on any atom is 0.436 e. The van der Waals surface area contributed by atoms with E-state index in [0.29, 0.717) is 29.9 Å². The molecule has 11 heteroatoms. The Morgan fingerprint density at radius 2 is 1.73 bits per heavy atom. The quantitative estimate of drug-likeness (QED) is 0.391. The van der Waals surface area contributed by atoms with Crippen LogP contribution in [0.15, 0.2) is 49.2 Å². The Hall–Kier alpha value is -3.89. The third-order valence-electron chi connectivity index (χ3n) is 4.82. The molecule has 0 bridgehead atoms. The average Bonchev–Trinajstić information content (AvgIpc) is 2.80. The summed E-state index contributed by atoms with van der Waals surface area (Å²) in [6.45, 7) is 2.22. The van der Waals surface area contributed by atoms with E-state index in [1.165, 1.54) is 6.33 Å². The van der Waals surface area contributed by atoms with Gasteiger partial charge in [0, 0.05) is 30.7 Å². The van der Waals surface area contributed by atoms with E-state index in [1.807, 2.05) is 0 Å². The summed E-state index contributed by atoms with van der Waals surface area (Å²) >= 11 is 0. The van der Waals surface area contributed by atoms with Crippen LogP contribution in [0, 0.1) is 5.82 Å². The van der Waals surface area contributed by atoms with Gasteiger partial charge in [0.15, 0.2) is 28.7 Å². The van der Waals surface area contributed by atoms with E-state index in [4.69, 9.17) is 4.74 Å². The minimum absolute atomic E-state index is 0.219. The third-order valence-corrected chi connectivity index (χ3v) is 4.82. The van der Waals surface area contributed by atoms with Crippen LogP contribution in [0.3, 0.4) is 0 Å². The molecule has 0 atom stereocenters. The number of aryl methyl sites for hydroxylation is 1. The second-order valence-corrected chi connectivity index (χ2v) is 7.00. The van der Waals surface area contributed by atoms with Crippen LogP contribution in [0.4, 0.5) is 23.4 Å². The number of nitrogens with one attached hydrogen (secondary N) is 1. The van der Waals surface area contributed by atoms with Crippen molar-refractivity contribution in [2.45, 2.75) is 25.9 Å². The summed E-state index contributed by atoms with van der Waals surface area (Å²) in [5, 5.41) is 3.19. The zero-order valence-electron chi connectivity index (χ0n) is 17.4. The Kier molecular flexibility index (Phi) is 6.29. The fourth-order valence-electron chi connectivity index (χ4n) is 3.16. The lowest BCUT2D eigenvalue weighted by Crippen LogP contribution is -2.13. The molecule has 1 N–H and O–H groups in total. The summed E-state index contributed by atoms with van der Waals surface area (Å²) in [6, 6.07) is 6.66. The summed E-state index contributed by atoms with van der Waals surface area (Å²) in [6.07, 6.45) is 1.47. The first-order valence-electron chi connectivity index (χ1n) is 10.0. The van der Waals surface area contributed by atoms with E-state index in [-0.39, 0.29) is 17.7 Å². The van der Waals surface area contributed by atoms with Gasteiger partial charge < -0.3 is 10.1 Å². The van der Waals surface area contributed by atoms with Crippen LogP contribution in [0.25, 0.3) is 11.2 Å². The van der Waals surface area contributed by atoms with Crippen LogP contribution in [0.2, 0.25) is 0 Å². The molecular formula is C22H18F4N6O. The largest absolute Gasteiger partial charge is 0.454 e. The summed E-state index contributed by atoms with van der Waals surface area (Å²) in [4.78, 5) is 19.8. The van der Waals surface area contributed by atoms with Crippen molar-refractivity contribution in [1.82, 2.24) is 24.9 Å². The molecule has 0 fully saturated rings. The van der Waals surface area contributed by atoms with Gasteiger partial charge in [0.2, 0.25) is 0 Å². The Morgan fingerprint density at radius 3 is 2.45 bits per heavy atom. The Balaban J connectivity index is 1.44. The highest BCUT2D eigenvalue weighted by molar-refractivity contribution is 5.81. The SMILES string of the molecule is CCc1cnc(C(F)(F)F)c(F)c1Oc1ccc(CCNc2ncnc3nccnc23)cc1. The predicted molar refractivity (Wildman–Crippen MR) is 112 cm³/mol. The lowest BCUT2D eigenvalue weighted by atomic mass is 10.1. The maximum absolute atomic E-state index is 14.5. The zero-order chi connectivity index (χ0) is 23.4. The summed E-state index contributed by atoms with van der Waals surface area (Å²) in [7, 11) is 0. The van der Waals surface area contributed by atoms with Crippen molar-refractivity contribution in [2.24, 2.45) is 0 Å². The van der Waals surface area contributed by atoms with Gasteiger partial charge in [0.1, 0.15) is 17.6 Å². The average molecular weight is 458 g/mol. The number of benzene rings is 1. The molecular weight excluding hydrogens is 440 g/mol. The van der Waals surface area contributed by atoms with Gasteiger partial charge >= 0.3 is 6.18 Å². The van der Waals surface area contributed by atoms with Crippen molar-refractivity contribution in [3.05, 3.63) is 71.8 Å². The number of nitrogens with zero attached hydrogens (tertiary/aromatic N) is 5. The number of pyridine rings is 1. The molecule has 1 aromatic carbocycles. The highest BCUT2D eigenvalue weighted by Gasteiger charge is 2.38. The van der Waals surface area contributed by atoms with Crippen molar-refractivity contribution in [2.75, 3.05) is 11.9 Å². The maximum atomic E-state index is 14.5. The lowest BCUT2D eigenvalue weighted by Gasteiger charge is -2.15. The number of hydrogen-bond donors (Lipinski definition) is 1. The summed E-state index contributed by atoms with van der Waals surface area (Å²) in [5.41, 5.74) is 0.627. The normalized spacial score (nSPS) is 11.5. The Morgan fingerprint density at radius 1 is 0.970 bits per heavy atom. The number of hydrogen-bond acceptors (Lipinski definition) is 7. The minimum atomic E-state index is -4.91. The van der Waals surface area contributed by atoms with E-state index >= 15 is 0 Å². The third kappa shape index (κ3) is 4.97. The molecule has 0 radical (unpaired) electrons. The highest BCUT2D eigenvalue weighted by atomic mass is 19.4. The Bertz CT molecular complexity index is 1260. The van der Waals surface area contributed by atoms with Gasteiger partial charge in [-0.2, -0.15) is 13.2 Å². The molecule has 0 aliphatic heterocycles. The van der Waals surface area contributed by atoms with Gasteiger partial charge in [-0.3, -0.25) is 0 Å². The number of ether oxygens (including phenoxy) is 1. The van der Waals surface area contributed by atoms with Gasteiger partial charge in [-0.05, 0) is 30.5 Å². The fourth-order valence-corrected chi connectivity index (χ4v) is 3.16. The molecule has 0 amide bonds. The number of rotatable bonds is 7. The molecule has 33 heavy (non-hydrogen) atoms. The minimum Gasteiger partial charge on any atom is -0.454 e. The lowest BCUT2D eigenvalue weighted by molar-refractivity contribution is -0.143. The highest BCUT2D eigenvalue weighted by Crippen LogP contribution is 2.37. The first-order valence-corrected chi connectivity index (χ1v) is 10.0. The topological polar surface area (TPSA) is 85.7 Å². The standard InChI is InChI=1S/C22H18F4N6O/c1-2-14-11-30-19(22(24,25)26)16(23)18(14)33-15-5-3-13(4-6-15)7-8-28-20-17-21(32-12-31-20)29-10-9-27-17/h3-6,9-12H,2,7-8H2,1H3,(H,28,29,31,32). The van der Waals surface area contributed by atoms with Crippen LogP contribution in [0.5, 0.6) is 11.5 Å². The smallest absolute Gasteiger partial charge is 0.436 e. The van der Waals surface area contributed by atoms with Gasteiger partial charge in [0.25, 0.3) is 0 Å². The van der Waals surface area contributed by atoms with Crippen molar-refractivity contribution in [3.8, 4) is 11.5 Å². The number of fused-ring (bicyclic) bond motifs is 1. The first kappa shape index (κ1) is 22.3. The van der Waals surface area contributed by atoms with E-state index in [0.717, 1.165) is 11.8 Å². The molecule has 170 valence electrons. The van der Waals surface area contributed by atoms with E-state index in [2.05, 4.69) is 30.2 Å². The van der Waals surface area contributed by atoms with Gasteiger partial charge in [0.05, 0.1) is 0 Å². The van der Waals surface area contributed by atoms with Gasteiger partial charge in [-0.15, -0.1) is 0 Å². The Labute approximate surface area is 185 Å². The van der Waals surface area contributed by atoms with Gasteiger partial charge in [-0.25, -0.2) is 29.3 Å². The molecule has 0 aliphatic carbocycles. The van der Waals surface area contributed by atoms with Crippen LogP contribution >= 0.6 is 0 Å². The molecule has 0 unspecified atom stereocenters. The van der Waals surface area contributed by atoms with Crippen molar-refractivity contribution in [1.29, 1.82) is 0 Å². The fraction of sp³-hybridized carbons (Fsp3) is 0.227. The second kappa shape index (κ2) is 9.31. The van der Waals surface area contributed by atoms with Gasteiger partial charge in [-0.1, -0.05) is 19.1 Å². The molecule has 4 rings (SSSR count). The zero-order valence-corrected chi connectivity index (χ0v) is 17.4. The predicted octanol–water partition coefficient (Wildman–Crippen LogP) is 4.98. The molecule has 0 saturated carbocycles. The van der Waals surface area contributed by atoms with Crippen molar-refractivity contribution < 1.29 is 22.3 Å². The number of alkyl halides is 3.